The predicted octanol–water partition coefficient (Wildman–Crippen LogP) is 1.72. The van der Waals surface area contributed by atoms with Crippen molar-refractivity contribution in [2.45, 2.75) is 56.6 Å². The summed E-state index contributed by atoms with van der Waals surface area (Å²) in [6, 6.07) is 0.100. The second-order valence-corrected chi connectivity index (χ2v) is 7.79. The van der Waals surface area contributed by atoms with E-state index in [4.69, 9.17) is 0 Å². The van der Waals surface area contributed by atoms with Crippen LogP contribution >= 0.6 is 0 Å². The topological polar surface area (TPSA) is 78.1 Å². The number of aromatic nitrogens is 2. The molecule has 7 heteroatoms. The first-order chi connectivity index (χ1) is 10.0. The van der Waals surface area contributed by atoms with Crippen LogP contribution in [0.4, 0.5) is 0 Å². The van der Waals surface area contributed by atoms with E-state index in [2.05, 4.69) is 22.4 Å². The lowest BCUT2D eigenvalue weighted by Gasteiger charge is -2.33. The monoisotopic (exact) mass is 314 g/mol. The zero-order valence-electron chi connectivity index (χ0n) is 13.1. The minimum atomic E-state index is -3.50. The molecule has 1 fully saturated rings. The highest BCUT2D eigenvalue weighted by molar-refractivity contribution is 7.89. The van der Waals surface area contributed by atoms with Crippen molar-refractivity contribution in [3.8, 4) is 0 Å². The summed E-state index contributed by atoms with van der Waals surface area (Å²) >= 11 is 0. The Hall–Kier alpha value is -0.920. The number of H-pyrrole nitrogens is 1. The molecule has 0 aliphatic heterocycles. The van der Waals surface area contributed by atoms with E-state index in [1.54, 1.807) is 20.3 Å². The zero-order chi connectivity index (χ0) is 15.5. The second kappa shape index (κ2) is 6.89. The van der Waals surface area contributed by atoms with Crippen molar-refractivity contribution in [3.63, 3.8) is 0 Å². The fourth-order valence-corrected chi connectivity index (χ4v) is 4.61. The molecule has 0 atom stereocenters. The molecular weight excluding hydrogens is 288 g/mol. The van der Waals surface area contributed by atoms with Gasteiger partial charge in [-0.1, -0.05) is 13.3 Å². The third-order valence-corrected chi connectivity index (χ3v) is 6.52. The number of hydrogen-bond acceptors (Lipinski definition) is 4. The summed E-state index contributed by atoms with van der Waals surface area (Å²) in [4.78, 5) is 0. The van der Waals surface area contributed by atoms with Crippen LogP contribution in [0.15, 0.2) is 11.2 Å². The van der Waals surface area contributed by atoms with Gasteiger partial charge in [0.2, 0.25) is 0 Å². The SMILES string of the molecule is CCC1CCC(N(C)S(=O)(=O)c2[nH]ncc2CNC)CC1. The summed E-state index contributed by atoms with van der Waals surface area (Å²) < 4.78 is 27.1. The number of nitrogens with zero attached hydrogens (tertiary/aromatic N) is 2. The maximum Gasteiger partial charge on any atom is 0.260 e. The van der Waals surface area contributed by atoms with Gasteiger partial charge < -0.3 is 5.32 Å². The molecule has 0 radical (unpaired) electrons. The van der Waals surface area contributed by atoms with Crippen LogP contribution in [-0.4, -0.2) is 43.1 Å². The molecule has 21 heavy (non-hydrogen) atoms. The van der Waals surface area contributed by atoms with Crippen LogP contribution in [0.3, 0.4) is 0 Å². The Morgan fingerprint density at radius 1 is 1.38 bits per heavy atom. The van der Waals surface area contributed by atoms with Crippen molar-refractivity contribution < 1.29 is 8.42 Å². The number of nitrogens with one attached hydrogen (secondary N) is 2. The summed E-state index contributed by atoms with van der Waals surface area (Å²) in [6.07, 6.45) is 6.90. The summed E-state index contributed by atoms with van der Waals surface area (Å²) in [6.45, 7) is 2.70. The predicted molar refractivity (Wildman–Crippen MR) is 82.3 cm³/mol. The molecule has 6 nitrogen and oxygen atoms in total. The number of hydrogen-bond donors (Lipinski definition) is 2. The van der Waals surface area contributed by atoms with Gasteiger partial charge in [-0.3, -0.25) is 5.10 Å². The lowest BCUT2D eigenvalue weighted by molar-refractivity contribution is 0.232. The zero-order valence-corrected chi connectivity index (χ0v) is 13.9. The van der Waals surface area contributed by atoms with Gasteiger partial charge in [0.25, 0.3) is 10.0 Å². The summed E-state index contributed by atoms with van der Waals surface area (Å²) in [5, 5.41) is 9.73. The third-order valence-electron chi connectivity index (χ3n) is 4.59. The van der Waals surface area contributed by atoms with Crippen molar-refractivity contribution >= 4 is 10.0 Å². The fourth-order valence-electron chi connectivity index (χ4n) is 3.10. The fraction of sp³-hybridized carbons (Fsp3) is 0.786. The molecular formula is C14H26N4O2S. The quantitative estimate of drug-likeness (QED) is 0.838. The molecule has 2 N–H and O–H groups in total. The normalized spacial score (nSPS) is 23.6. The van der Waals surface area contributed by atoms with Crippen LogP contribution in [0.25, 0.3) is 0 Å². The minimum Gasteiger partial charge on any atom is -0.316 e. The Morgan fingerprint density at radius 2 is 2.05 bits per heavy atom. The molecule has 0 amide bonds. The van der Waals surface area contributed by atoms with E-state index in [1.807, 2.05) is 0 Å². The molecule has 0 bridgehead atoms. The van der Waals surface area contributed by atoms with Gasteiger partial charge in [-0.2, -0.15) is 9.40 Å². The smallest absolute Gasteiger partial charge is 0.260 e. The van der Waals surface area contributed by atoms with Gasteiger partial charge in [0.1, 0.15) is 0 Å². The molecule has 1 aromatic rings. The molecule has 1 aliphatic carbocycles. The molecule has 0 aromatic carbocycles. The first kappa shape index (κ1) is 16.5. The van der Waals surface area contributed by atoms with E-state index < -0.39 is 10.0 Å². The number of aromatic amines is 1. The highest BCUT2D eigenvalue weighted by Crippen LogP contribution is 2.31. The van der Waals surface area contributed by atoms with Gasteiger partial charge in [0.05, 0.1) is 6.20 Å². The van der Waals surface area contributed by atoms with E-state index in [0.29, 0.717) is 12.1 Å². The Bertz CT molecular complexity index is 547. The standard InChI is InChI=1S/C14H26N4O2S/c1-4-11-5-7-13(8-6-11)18(3)21(19,20)14-12(9-15-2)10-16-17-14/h10-11,13,15H,4-9H2,1-3H3,(H,16,17). The maximum absolute atomic E-state index is 12.8. The third kappa shape index (κ3) is 3.46. The van der Waals surface area contributed by atoms with Crippen LogP contribution in [0.1, 0.15) is 44.6 Å². The largest absolute Gasteiger partial charge is 0.316 e. The van der Waals surface area contributed by atoms with Crippen molar-refractivity contribution in [2.75, 3.05) is 14.1 Å². The van der Waals surface area contributed by atoms with Gasteiger partial charge in [-0.05, 0) is 38.6 Å². The van der Waals surface area contributed by atoms with Crippen molar-refractivity contribution in [3.05, 3.63) is 11.8 Å². The van der Waals surface area contributed by atoms with Crippen LogP contribution < -0.4 is 5.32 Å². The van der Waals surface area contributed by atoms with E-state index >= 15 is 0 Å². The molecule has 2 rings (SSSR count). The Labute approximate surface area is 127 Å². The number of sulfonamides is 1. The maximum atomic E-state index is 12.8. The van der Waals surface area contributed by atoms with Gasteiger partial charge in [-0.15, -0.1) is 0 Å². The Kier molecular flexibility index (Phi) is 5.40. The van der Waals surface area contributed by atoms with Gasteiger partial charge in [0.15, 0.2) is 5.03 Å². The first-order valence-electron chi connectivity index (χ1n) is 7.65. The number of rotatable bonds is 6. The molecule has 0 spiro atoms. The molecule has 120 valence electrons. The lowest BCUT2D eigenvalue weighted by Crippen LogP contribution is -2.40. The Balaban J connectivity index is 2.13. The summed E-state index contributed by atoms with van der Waals surface area (Å²) in [7, 11) is -0.0155. The summed E-state index contributed by atoms with van der Waals surface area (Å²) in [5.74, 6) is 0.754. The lowest BCUT2D eigenvalue weighted by atomic mass is 9.85. The second-order valence-electron chi connectivity index (χ2n) is 5.86. The first-order valence-corrected chi connectivity index (χ1v) is 9.09. The highest BCUT2D eigenvalue weighted by Gasteiger charge is 2.33. The highest BCUT2D eigenvalue weighted by atomic mass is 32.2. The molecule has 1 aliphatic rings. The molecule has 1 saturated carbocycles. The van der Waals surface area contributed by atoms with E-state index in [1.165, 1.54) is 10.7 Å². The van der Waals surface area contributed by atoms with Crippen LogP contribution in [0.5, 0.6) is 0 Å². The van der Waals surface area contributed by atoms with Gasteiger partial charge in [-0.25, -0.2) is 8.42 Å². The molecule has 1 aromatic heterocycles. The van der Waals surface area contributed by atoms with Crippen LogP contribution in [0.2, 0.25) is 0 Å². The molecule has 1 heterocycles. The average Bonchev–Trinajstić information content (AvgIpc) is 2.96. The van der Waals surface area contributed by atoms with Gasteiger partial charge >= 0.3 is 0 Å². The van der Waals surface area contributed by atoms with Crippen molar-refractivity contribution in [1.82, 2.24) is 19.8 Å². The molecule has 0 unspecified atom stereocenters. The Morgan fingerprint density at radius 3 is 2.62 bits per heavy atom. The van der Waals surface area contributed by atoms with E-state index in [0.717, 1.165) is 31.6 Å². The van der Waals surface area contributed by atoms with Crippen molar-refractivity contribution in [1.29, 1.82) is 0 Å². The molecule has 0 saturated heterocycles. The van der Waals surface area contributed by atoms with E-state index in [9.17, 15) is 8.42 Å². The minimum absolute atomic E-state index is 0.100. The van der Waals surface area contributed by atoms with Crippen molar-refractivity contribution in [2.24, 2.45) is 5.92 Å². The summed E-state index contributed by atoms with van der Waals surface area (Å²) in [5.41, 5.74) is 0.687. The van der Waals surface area contributed by atoms with E-state index in [-0.39, 0.29) is 11.1 Å². The van der Waals surface area contributed by atoms with Crippen LogP contribution in [0, 0.1) is 5.92 Å². The van der Waals surface area contributed by atoms with Crippen LogP contribution in [-0.2, 0) is 16.6 Å². The average molecular weight is 314 g/mol. The van der Waals surface area contributed by atoms with Gasteiger partial charge in [0, 0.05) is 25.2 Å².